The normalized spacial score (nSPS) is 33.0. The van der Waals surface area contributed by atoms with E-state index < -0.39 is 0 Å². The van der Waals surface area contributed by atoms with Gasteiger partial charge in [0.05, 0.1) is 0 Å². The first-order valence-corrected chi connectivity index (χ1v) is 6.79. The van der Waals surface area contributed by atoms with Crippen molar-refractivity contribution in [3.8, 4) is 0 Å². The maximum atomic E-state index is 2.44. The zero-order chi connectivity index (χ0) is 10.2. The summed E-state index contributed by atoms with van der Waals surface area (Å²) in [5, 5.41) is 0. The van der Waals surface area contributed by atoms with Gasteiger partial charge in [-0.15, -0.1) is 0 Å². The third-order valence-electron chi connectivity index (χ3n) is 3.79. The van der Waals surface area contributed by atoms with E-state index in [-0.39, 0.29) is 0 Å². The van der Waals surface area contributed by atoms with Crippen molar-refractivity contribution in [2.45, 2.75) is 78.1 Å². The fourth-order valence-corrected chi connectivity index (χ4v) is 2.61. The van der Waals surface area contributed by atoms with Crippen molar-refractivity contribution < 1.29 is 0 Å². The standard InChI is InChI=1S/C14H28/c1-13-9-5-3-4-6-10-14(2)12-8-7-11-13/h13-14H,3-12H2,1-2H3. The molecule has 0 bridgehead atoms. The Morgan fingerprint density at radius 1 is 0.500 bits per heavy atom. The Balaban J connectivity index is 2.20. The molecule has 1 fully saturated rings. The van der Waals surface area contributed by atoms with E-state index in [0.29, 0.717) is 0 Å². The second kappa shape index (κ2) is 7.31. The van der Waals surface area contributed by atoms with Gasteiger partial charge < -0.3 is 0 Å². The predicted molar refractivity (Wildman–Crippen MR) is 64.5 cm³/mol. The second-order valence-corrected chi connectivity index (χ2v) is 5.49. The number of hydrogen-bond donors (Lipinski definition) is 0. The molecule has 2 unspecified atom stereocenters. The maximum absolute atomic E-state index is 2.44. The molecule has 1 saturated carbocycles. The summed E-state index contributed by atoms with van der Waals surface area (Å²) < 4.78 is 0. The van der Waals surface area contributed by atoms with Crippen LogP contribution in [0.4, 0.5) is 0 Å². The van der Waals surface area contributed by atoms with Gasteiger partial charge in [0.25, 0.3) is 0 Å². The van der Waals surface area contributed by atoms with Crippen LogP contribution in [0.5, 0.6) is 0 Å². The van der Waals surface area contributed by atoms with Gasteiger partial charge in [0.15, 0.2) is 0 Å². The van der Waals surface area contributed by atoms with Crippen LogP contribution < -0.4 is 0 Å². The van der Waals surface area contributed by atoms with Gasteiger partial charge in [0.2, 0.25) is 0 Å². The van der Waals surface area contributed by atoms with E-state index in [9.17, 15) is 0 Å². The first-order chi connectivity index (χ1) is 6.79. The van der Waals surface area contributed by atoms with E-state index in [1.54, 1.807) is 0 Å². The topological polar surface area (TPSA) is 0 Å². The fourth-order valence-electron chi connectivity index (χ4n) is 2.61. The molecular weight excluding hydrogens is 168 g/mol. The van der Waals surface area contributed by atoms with Crippen LogP contribution >= 0.6 is 0 Å². The fraction of sp³-hybridized carbons (Fsp3) is 1.00. The minimum absolute atomic E-state index is 0.990. The largest absolute Gasteiger partial charge is 0.0625 e. The quantitative estimate of drug-likeness (QED) is 0.501. The Bertz CT molecular complexity index is 112. The maximum Gasteiger partial charge on any atom is -0.0443 e. The molecule has 1 aliphatic rings. The van der Waals surface area contributed by atoms with E-state index >= 15 is 0 Å². The lowest BCUT2D eigenvalue weighted by Gasteiger charge is -2.15. The molecule has 0 radical (unpaired) electrons. The molecule has 0 aliphatic heterocycles. The van der Waals surface area contributed by atoms with Crippen LogP contribution in [-0.2, 0) is 0 Å². The summed E-state index contributed by atoms with van der Waals surface area (Å²) in [6.45, 7) is 4.88. The Labute approximate surface area is 90.5 Å². The van der Waals surface area contributed by atoms with Crippen molar-refractivity contribution in [2.24, 2.45) is 11.8 Å². The van der Waals surface area contributed by atoms with Gasteiger partial charge in [0.1, 0.15) is 0 Å². The first-order valence-electron chi connectivity index (χ1n) is 6.79. The second-order valence-electron chi connectivity index (χ2n) is 5.49. The van der Waals surface area contributed by atoms with Gasteiger partial charge in [0, 0.05) is 0 Å². The molecule has 0 nitrogen and oxygen atoms in total. The summed E-state index contributed by atoms with van der Waals surface area (Å²) in [6.07, 6.45) is 14.8. The van der Waals surface area contributed by atoms with E-state index in [4.69, 9.17) is 0 Å². The third kappa shape index (κ3) is 5.67. The van der Waals surface area contributed by atoms with Crippen LogP contribution in [0.2, 0.25) is 0 Å². The van der Waals surface area contributed by atoms with Crippen molar-refractivity contribution in [2.75, 3.05) is 0 Å². The molecule has 0 saturated heterocycles. The lowest BCUT2D eigenvalue weighted by molar-refractivity contribution is 0.383. The predicted octanol–water partition coefficient (Wildman–Crippen LogP) is 5.17. The highest BCUT2D eigenvalue weighted by Gasteiger charge is 2.06. The number of rotatable bonds is 0. The van der Waals surface area contributed by atoms with Gasteiger partial charge in [-0.1, -0.05) is 78.1 Å². The molecule has 2 atom stereocenters. The lowest BCUT2D eigenvalue weighted by atomic mass is 9.91. The van der Waals surface area contributed by atoms with Crippen molar-refractivity contribution in [3.05, 3.63) is 0 Å². The lowest BCUT2D eigenvalue weighted by Crippen LogP contribution is -2.00. The van der Waals surface area contributed by atoms with E-state index in [1.165, 1.54) is 64.2 Å². The monoisotopic (exact) mass is 196 g/mol. The van der Waals surface area contributed by atoms with Gasteiger partial charge in [-0.3, -0.25) is 0 Å². The summed E-state index contributed by atoms with van der Waals surface area (Å²) in [6, 6.07) is 0. The molecule has 0 aromatic heterocycles. The summed E-state index contributed by atoms with van der Waals surface area (Å²) >= 11 is 0. The van der Waals surface area contributed by atoms with Crippen molar-refractivity contribution in [1.82, 2.24) is 0 Å². The highest BCUT2D eigenvalue weighted by atomic mass is 14.1. The molecule has 0 N–H and O–H groups in total. The summed E-state index contributed by atoms with van der Waals surface area (Å²) in [5.74, 6) is 1.98. The van der Waals surface area contributed by atoms with E-state index in [0.717, 1.165) is 11.8 Å². The highest BCUT2D eigenvalue weighted by molar-refractivity contribution is 4.60. The Hall–Kier alpha value is 0. The van der Waals surface area contributed by atoms with Crippen LogP contribution in [0.1, 0.15) is 78.1 Å². The van der Waals surface area contributed by atoms with Gasteiger partial charge in [-0.2, -0.15) is 0 Å². The average Bonchev–Trinajstić information content (AvgIpc) is 2.16. The van der Waals surface area contributed by atoms with Crippen LogP contribution in [0.15, 0.2) is 0 Å². The molecule has 14 heavy (non-hydrogen) atoms. The molecule has 1 aliphatic carbocycles. The smallest absolute Gasteiger partial charge is 0.0443 e. The zero-order valence-corrected chi connectivity index (χ0v) is 10.2. The molecule has 0 spiro atoms. The Morgan fingerprint density at radius 3 is 1.14 bits per heavy atom. The summed E-state index contributed by atoms with van der Waals surface area (Å²) in [5.41, 5.74) is 0. The van der Waals surface area contributed by atoms with E-state index in [2.05, 4.69) is 13.8 Å². The van der Waals surface area contributed by atoms with Crippen molar-refractivity contribution in [1.29, 1.82) is 0 Å². The van der Waals surface area contributed by atoms with Gasteiger partial charge >= 0.3 is 0 Å². The highest BCUT2D eigenvalue weighted by Crippen LogP contribution is 2.22. The molecule has 1 rings (SSSR count). The van der Waals surface area contributed by atoms with Crippen molar-refractivity contribution in [3.63, 3.8) is 0 Å². The molecular formula is C14H28. The zero-order valence-electron chi connectivity index (χ0n) is 10.2. The minimum Gasteiger partial charge on any atom is -0.0625 e. The SMILES string of the molecule is CC1CCCCCCC(C)CCCC1. The van der Waals surface area contributed by atoms with Crippen LogP contribution in [-0.4, -0.2) is 0 Å². The molecule has 0 heteroatoms. The third-order valence-corrected chi connectivity index (χ3v) is 3.79. The molecule has 84 valence electrons. The minimum atomic E-state index is 0.990. The van der Waals surface area contributed by atoms with E-state index in [1.807, 2.05) is 0 Å². The molecule has 0 aromatic carbocycles. The first kappa shape index (κ1) is 12.1. The molecule has 0 heterocycles. The van der Waals surface area contributed by atoms with Gasteiger partial charge in [-0.05, 0) is 11.8 Å². The number of hydrogen-bond acceptors (Lipinski definition) is 0. The molecule has 0 amide bonds. The Morgan fingerprint density at radius 2 is 0.786 bits per heavy atom. The Kier molecular flexibility index (Phi) is 6.31. The van der Waals surface area contributed by atoms with Crippen molar-refractivity contribution >= 4 is 0 Å². The van der Waals surface area contributed by atoms with Crippen LogP contribution in [0, 0.1) is 11.8 Å². The summed E-state index contributed by atoms with van der Waals surface area (Å²) in [7, 11) is 0. The van der Waals surface area contributed by atoms with Gasteiger partial charge in [-0.25, -0.2) is 0 Å². The van der Waals surface area contributed by atoms with Crippen LogP contribution in [0.25, 0.3) is 0 Å². The van der Waals surface area contributed by atoms with Crippen LogP contribution in [0.3, 0.4) is 0 Å². The average molecular weight is 196 g/mol. The molecule has 0 aromatic rings. The summed E-state index contributed by atoms with van der Waals surface area (Å²) in [4.78, 5) is 0.